The summed E-state index contributed by atoms with van der Waals surface area (Å²) in [5.41, 5.74) is 2.33. The molecule has 0 amide bonds. The molecule has 0 aromatic carbocycles. The molecule has 0 spiro atoms. The van der Waals surface area contributed by atoms with Crippen LogP contribution in [-0.2, 0) is 13.1 Å². The van der Waals surface area contributed by atoms with Crippen LogP contribution >= 0.6 is 11.3 Å². The second-order valence-electron chi connectivity index (χ2n) is 5.84. The number of aliphatic hydroxyl groups excluding tert-OH is 1. The van der Waals surface area contributed by atoms with Gasteiger partial charge < -0.3 is 10.0 Å². The number of aryl methyl sites for hydroxylation is 4. The number of aromatic nitrogens is 4. The Morgan fingerprint density at radius 2 is 2.04 bits per heavy atom. The van der Waals surface area contributed by atoms with Gasteiger partial charge in [-0.15, -0.1) is 11.3 Å². The van der Waals surface area contributed by atoms with Gasteiger partial charge in [0.15, 0.2) is 0 Å². The van der Waals surface area contributed by atoms with E-state index in [1.54, 1.807) is 11.3 Å². The van der Waals surface area contributed by atoms with Crippen molar-refractivity contribution in [2.75, 3.05) is 18.1 Å². The molecule has 3 heterocycles. The molecule has 0 saturated heterocycles. The zero-order valence-electron chi connectivity index (χ0n) is 14.6. The van der Waals surface area contributed by atoms with Gasteiger partial charge in [0.05, 0.1) is 24.2 Å². The Bertz CT molecular complexity index is 854. The molecule has 24 heavy (non-hydrogen) atoms. The van der Waals surface area contributed by atoms with Crippen molar-refractivity contribution in [3.63, 3.8) is 0 Å². The van der Waals surface area contributed by atoms with Crippen molar-refractivity contribution >= 4 is 27.4 Å². The Hall–Kier alpha value is -1.99. The maximum absolute atomic E-state index is 9.56. The summed E-state index contributed by atoms with van der Waals surface area (Å²) in [5.74, 6) is 1.66. The van der Waals surface area contributed by atoms with E-state index in [0.717, 1.165) is 34.1 Å². The lowest BCUT2D eigenvalue weighted by Crippen LogP contribution is -2.29. The highest BCUT2D eigenvalue weighted by molar-refractivity contribution is 7.18. The van der Waals surface area contributed by atoms with Gasteiger partial charge in [-0.25, -0.2) is 9.97 Å². The van der Waals surface area contributed by atoms with Crippen LogP contribution in [0.5, 0.6) is 0 Å². The minimum atomic E-state index is 0.0764. The summed E-state index contributed by atoms with van der Waals surface area (Å²) in [6.07, 6.45) is 1.82. The van der Waals surface area contributed by atoms with E-state index < -0.39 is 0 Å². The lowest BCUT2D eigenvalue weighted by atomic mass is 10.2. The van der Waals surface area contributed by atoms with Gasteiger partial charge in [0, 0.05) is 24.2 Å². The van der Waals surface area contributed by atoms with Crippen molar-refractivity contribution in [3.05, 3.63) is 34.2 Å². The van der Waals surface area contributed by atoms with E-state index in [9.17, 15) is 5.11 Å². The number of thiophene rings is 1. The van der Waals surface area contributed by atoms with E-state index in [4.69, 9.17) is 4.98 Å². The van der Waals surface area contributed by atoms with Crippen molar-refractivity contribution < 1.29 is 5.11 Å². The van der Waals surface area contributed by atoms with E-state index >= 15 is 0 Å². The lowest BCUT2D eigenvalue weighted by Gasteiger charge is -2.24. The fourth-order valence-corrected chi connectivity index (χ4v) is 3.99. The van der Waals surface area contributed by atoms with Gasteiger partial charge in [0.25, 0.3) is 0 Å². The molecular weight excluding hydrogens is 322 g/mol. The van der Waals surface area contributed by atoms with Crippen LogP contribution < -0.4 is 4.90 Å². The second-order valence-corrected chi connectivity index (χ2v) is 7.04. The summed E-state index contributed by atoms with van der Waals surface area (Å²) in [6, 6.07) is 2.02. The van der Waals surface area contributed by atoms with Gasteiger partial charge in [-0.1, -0.05) is 0 Å². The molecule has 128 valence electrons. The van der Waals surface area contributed by atoms with Crippen LogP contribution in [0, 0.1) is 20.8 Å². The van der Waals surface area contributed by atoms with E-state index in [1.165, 1.54) is 10.4 Å². The fourth-order valence-electron chi connectivity index (χ4n) is 2.92. The number of aliphatic hydroxyl groups is 1. The number of hydrogen-bond acceptors (Lipinski definition) is 6. The number of anilines is 1. The first kappa shape index (κ1) is 16.9. The molecule has 0 radical (unpaired) electrons. The highest BCUT2D eigenvalue weighted by atomic mass is 32.1. The van der Waals surface area contributed by atoms with Crippen LogP contribution in [-0.4, -0.2) is 38.0 Å². The minimum absolute atomic E-state index is 0.0764. The van der Waals surface area contributed by atoms with Crippen LogP contribution in [0.2, 0.25) is 0 Å². The third kappa shape index (κ3) is 3.01. The predicted molar refractivity (Wildman–Crippen MR) is 97.7 cm³/mol. The summed E-state index contributed by atoms with van der Waals surface area (Å²) in [7, 11) is 0. The molecule has 0 aliphatic carbocycles. The van der Waals surface area contributed by atoms with Crippen LogP contribution in [0.25, 0.3) is 10.2 Å². The largest absolute Gasteiger partial charge is 0.395 e. The van der Waals surface area contributed by atoms with Gasteiger partial charge >= 0.3 is 0 Å². The van der Waals surface area contributed by atoms with Crippen LogP contribution in [0.3, 0.4) is 0 Å². The molecule has 0 fully saturated rings. The smallest absolute Gasteiger partial charge is 0.141 e. The molecule has 1 N–H and O–H groups in total. The molecule has 0 bridgehead atoms. The summed E-state index contributed by atoms with van der Waals surface area (Å²) in [6.45, 7) is 10.3. The van der Waals surface area contributed by atoms with Crippen LogP contribution in [0.4, 0.5) is 5.82 Å². The Kier molecular flexibility index (Phi) is 4.82. The van der Waals surface area contributed by atoms with Crippen molar-refractivity contribution in [3.8, 4) is 0 Å². The van der Waals surface area contributed by atoms with Gasteiger partial charge in [0.1, 0.15) is 16.5 Å². The zero-order chi connectivity index (χ0) is 17.3. The first-order valence-electron chi connectivity index (χ1n) is 8.16. The molecule has 0 aliphatic rings. The SMILES string of the molecule is CCn1nccc1CN(CCO)c1nc(C)nc2sc(C)c(C)c12. The summed E-state index contributed by atoms with van der Waals surface area (Å²) >= 11 is 1.70. The van der Waals surface area contributed by atoms with E-state index in [0.29, 0.717) is 13.1 Å². The Morgan fingerprint density at radius 1 is 1.25 bits per heavy atom. The standard InChI is InChI=1S/C17H23N5OS/c1-5-22-14(6-7-18-22)10-21(8-9-23)16-15-11(2)12(3)24-17(15)20-13(4)19-16/h6-7,23H,5,8-10H2,1-4H3. The molecule has 0 saturated carbocycles. The molecule has 3 aromatic rings. The third-order valence-corrected chi connectivity index (χ3v) is 5.35. The van der Waals surface area contributed by atoms with Crippen LogP contribution in [0.15, 0.2) is 12.3 Å². The van der Waals surface area contributed by atoms with E-state index in [2.05, 4.69) is 35.8 Å². The van der Waals surface area contributed by atoms with Gasteiger partial charge in [-0.05, 0) is 39.3 Å². The Morgan fingerprint density at radius 3 is 2.75 bits per heavy atom. The number of rotatable bonds is 6. The van der Waals surface area contributed by atoms with Crippen molar-refractivity contribution in [2.45, 2.75) is 40.8 Å². The van der Waals surface area contributed by atoms with E-state index in [1.807, 2.05) is 23.9 Å². The van der Waals surface area contributed by atoms with Crippen molar-refractivity contribution in [2.24, 2.45) is 0 Å². The Balaban J connectivity index is 2.10. The van der Waals surface area contributed by atoms with Gasteiger partial charge in [-0.2, -0.15) is 5.10 Å². The lowest BCUT2D eigenvalue weighted by molar-refractivity contribution is 0.301. The summed E-state index contributed by atoms with van der Waals surface area (Å²) < 4.78 is 1.97. The number of nitrogens with zero attached hydrogens (tertiary/aromatic N) is 5. The average Bonchev–Trinajstić information content (AvgIpc) is 3.11. The average molecular weight is 345 g/mol. The summed E-state index contributed by atoms with van der Waals surface area (Å²) in [5, 5.41) is 15.0. The third-order valence-electron chi connectivity index (χ3n) is 4.25. The van der Waals surface area contributed by atoms with Gasteiger partial charge in [0.2, 0.25) is 0 Å². The quantitative estimate of drug-likeness (QED) is 0.744. The minimum Gasteiger partial charge on any atom is -0.395 e. The summed E-state index contributed by atoms with van der Waals surface area (Å²) in [4.78, 5) is 13.7. The maximum atomic E-state index is 9.56. The molecule has 6 nitrogen and oxygen atoms in total. The zero-order valence-corrected chi connectivity index (χ0v) is 15.4. The topological polar surface area (TPSA) is 67.1 Å². The predicted octanol–water partition coefficient (Wildman–Crippen LogP) is 2.83. The maximum Gasteiger partial charge on any atom is 0.141 e. The first-order chi connectivity index (χ1) is 11.5. The normalized spacial score (nSPS) is 11.4. The molecular formula is C17H23N5OS. The highest BCUT2D eigenvalue weighted by Crippen LogP contribution is 2.35. The number of hydrogen-bond donors (Lipinski definition) is 1. The fraction of sp³-hybridized carbons (Fsp3) is 0.471. The molecule has 7 heteroatoms. The molecule has 0 unspecified atom stereocenters. The van der Waals surface area contributed by atoms with Crippen LogP contribution in [0.1, 0.15) is 28.9 Å². The Labute approximate surface area is 145 Å². The van der Waals surface area contributed by atoms with Gasteiger partial charge in [-0.3, -0.25) is 4.68 Å². The second kappa shape index (κ2) is 6.86. The number of fused-ring (bicyclic) bond motifs is 1. The monoisotopic (exact) mass is 345 g/mol. The highest BCUT2D eigenvalue weighted by Gasteiger charge is 2.19. The molecule has 0 aliphatic heterocycles. The van der Waals surface area contributed by atoms with E-state index in [-0.39, 0.29) is 6.61 Å². The molecule has 0 atom stereocenters. The first-order valence-corrected chi connectivity index (χ1v) is 8.97. The van der Waals surface area contributed by atoms with Crippen molar-refractivity contribution in [1.29, 1.82) is 0 Å². The molecule has 3 rings (SSSR count). The molecule has 3 aromatic heterocycles. The van der Waals surface area contributed by atoms with Crippen molar-refractivity contribution in [1.82, 2.24) is 19.7 Å².